The minimum Gasteiger partial charge on any atom is -0.824 e. The lowest BCUT2D eigenvalue weighted by atomic mass is 10.1. The molecule has 0 aromatic heterocycles. The molecule has 196 valence electrons. The van der Waals surface area contributed by atoms with E-state index in [2.05, 4.69) is 30.0 Å². The number of nitrogens with zero attached hydrogens (tertiary/aromatic N) is 7. The Bertz CT molecular complexity index is 1680. The largest absolute Gasteiger partial charge is 0.824 e. The fraction of sp³-hybridized carbons (Fsp3) is 0.0370. The Balaban J connectivity index is 1.47. The summed E-state index contributed by atoms with van der Waals surface area (Å²) in [5, 5.41) is 33.1. The second-order valence-electron chi connectivity index (χ2n) is 8.39. The van der Waals surface area contributed by atoms with Crippen molar-refractivity contribution in [3.8, 4) is 5.75 Å². The standard InChI is InChI=1S/C27H16N7O6/c35-13-40-19-11-9-16(10-12-19)22-32-26-30-20(14-1-5-17(6-2-14)23(36)37)28-25-29-21(31-27(33-22)34(25)26)15-3-7-18(8-4-15)24(38)39/h1-12H,13H2,(H,36,37)(H,38,39)/q-1/p-2. The molecule has 13 heteroatoms. The number of carboxylic acids is 2. The number of ether oxygens (including phenoxy) is 1. The first-order chi connectivity index (χ1) is 19.4. The normalized spacial score (nSPS) is 15.5. The average Bonchev–Trinajstić information content (AvgIpc) is 2.97. The molecule has 0 fully saturated rings. The van der Waals surface area contributed by atoms with Gasteiger partial charge in [-0.2, -0.15) is 30.0 Å². The van der Waals surface area contributed by atoms with Gasteiger partial charge in [-0.3, -0.25) is 0 Å². The van der Waals surface area contributed by atoms with E-state index in [0.717, 1.165) is 0 Å². The van der Waals surface area contributed by atoms with Crippen molar-refractivity contribution >= 4 is 47.3 Å². The van der Waals surface area contributed by atoms with Crippen molar-refractivity contribution in [2.45, 2.75) is 0 Å². The van der Waals surface area contributed by atoms with Crippen LogP contribution in [0.2, 0.25) is 0 Å². The van der Waals surface area contributed by atoms with Crippen LogP contribution in [0, 0.1) is 0 Å². The number of aromatic carboxylic acids is 2. The zero-order chi connectivity index (χ0) is 27.8. The Morgan fingerprint density at radius 1 is 0.575 bits per heavy atom. The number of aliphatic imine (C=N–C) groups is 6. The van der Waals surface area contributed by atoms with Crippen molar-refractivity contribution in [1.82, 2.24) is 4.90 Å². The monoisotopic (exact) mass is 532 g/mol. The number of guanidine groups is 3. The molecule has 0 atom stereocenters. The van der Waals surface area contributed by atoms with Gasteiger partial charge in [0.2, 0.25) is 17.9 Å². The first-order valence-corrected chi connectivity index (χ1v) is 11.7. The summed E-state index contributed by atoms with van der Waals surface area (Å²) in [6.45, 7) is -0.718. The van der Waals surface area contributed by atoms with E-state index in [1.54, 1.807) is 24.3 Å². The van der Waals surface area contributed by atoms with Crippen LogP contribution < -0.4 is 20.1 Å². The molecule has 0 saturated heterocycles. The molecule has 0 bridgehead atoms. The summed E-state index contributed by atoms with van der Waals surface area (Å²) < 4.78 is 4.97. The highest BCUT2D eigenvalue weighted by molar-refractivity contribution is 6.34. The maximum absolute atomic E-state index is 11.2. The van der Waals surface area contributed by atoms with Crippen LogP contribution in [-0.2, 0) is 0 Å². The molecule has 3 aliphatic rings. The van der Waals surface area contributed by atoms with Gasteiger partial charge in [0.05, 0.1) is 11.9 Å². The minimum atomic E-state index is -1.31. The predicted octanol–water partition coefficient (Wildman–Crippen LogP) is -0.839. The van der Waals surface area contributed by atoms with Crippen LogP contribution in [0.3, 0.4) is 0 Å². The Hall–Kier alpha value is -5.82. The third-order valence-electron chi connectivity index (χ3n) is 5.93. The number of benzene rings is 3. The van der Waals surface area contributed by atoms with Gasteiger partial charge in [0.1, 0.15) is 5.75 Å². The van der Waals surface area contributed by atoms with Gasteiger partial charge in [0.15, 0.2) is 17.5 Å². The molecule has 6 rings (SSSR count). The van der Waals surface area contributed by atoms with Crippen molar-refractivity contribution in [2.24, 2.45) is 30.0 Å². The maximum Gasteiger partial charge on any atom is 0.243 e. The van der Waals surface area contributed by atoms with E-state index >= 15 is 0 Å². The number of amidine groups is 3. The van der Waals surface area contributed by atoms with Crippen molar-refractivity contribution in [3.63, 3.8) is 0 Å². The van der Waals surface area contributed by atoms with Crippen LogP contribution in [0.5, 0.6) is 5.75 Å². The van der Waals surface area contributed by atoms with Gasteiger partial charge in [-0.25, -0.2) is 4.90 Å². The Labute approximate surface area is 225 Å². The summed E-state index contributed by atoms with van der Waals surface area (Å²) in [6.07, 6.45) is 0. The molecule has 3 aliphatic heterocycles. The van der Waals surface area contributed by atoms with Crippen molar-refractivity contribution < 1.29 is 29.6 Å². The summed E-state index contributed by atoms with van der Waals surface area (Å²) in [7, 11) is 0. The molecule has 0 unspecified atom stereocenters. The highest BCUT2D eigenvalue weighted by Gasteiger charge is 2.35. The fourth-order valence-corrected chi connectivity index (χ4v) is 3.95. The van der Waals surface area contributed by atoms with E-state index in [1.165, 1.54) is 53.4 Å². The maximum atomic E-state index is 11.2. The first-order valence-electron chi connectivity index (χ1n) is 11.7. The summed E-state index contributed by atoms with van der Waals surface area (Å²) >= 11 is 0. The number of hydrogen-bond donors (Lipinski definition) is 0. The quantitative estimate of drug-likeness (QED) is 0.354. The van der Waals surface area contributed by atoms with Crippen LogP contribution in [0.15, 0.2) is 103 Å². The molecule has 3 aromatic carbocycles. The molecule has 0 saturated carbocycles. The van der Waals surface area contributed by atoms with E-state index in [1.807, 2.05) is 0 Å². The third-order valence-corrected chi connectivity index (χ3v) is 5.93. The van der Waals surface area contributed by atoms with E-state index in [9.17, 15) is 24.9 Å². The average molecular weight is 532 g/mol. The van der Waals surface area contributed by atoms with Gasteiger partial charge < -0.3 is 29.6 Å². The van der Waals surface area contributed by atoms with Gasteiger partial charge in [-0.05, 0) is 35.4 Å². The van der Waals surface area contributed by atoms with Crippen molar-refractivity contribution in [2.75, 3.05) is 6.79 Å². The lowest BCUT2D eigenvalue weighted by molar-refractivity contribution is -0.413. The van der Waals surface area contributed by atoms with Gasteiger partial charge in [0.25, 0.3) is 0 Å². The van der Waals surface area contributed by atoms with Crippen molar-refractivity contribution in [1.29, 1.82) is 0 Å². The molecule has 40 heavy (non-hydrogen) atoms. The van der Waals surface area contributed by atoms with Gasteiger partial charge in [0, 0.05) is 23.5 Å². The number of rotatable bonds is 7. The number of carbonyl (C=O) groups excluding carboxylic acids is 2. The van der Waals surface area contributed by atoms with E-state index in [4.69, 9.17) is 4.74 Å². The zero-order valence-corrected chi connectivity index (χ0v) is 20.2. The molecular weight excluding hydrogens is 518 g/mol. The SMILES string of the molecule is O=C([O-])c1ccc(C2=NC3=NC(c4ccc(OC[O-])cc4)=NC4=NC(c5ccc(C(=O)[O-])cc5)=NC(=N2)N34)cc1. The lowest BCUT2D eigenvalue weighted by Gasteiger charge is -2.30. The molecule has 13 nitrogen and oxygen atoms in total. The van der Waals surface area contributed by atoms with Crippen molar-refractivity contribution in [3.05, 3.63) is 101 Å². The second kappa shape index (κ2) is 9.81. The lowest BCUT2D eigenvalue weighted by Crippen LogP contribution is -2.48. The van der Waals surface area contributed by atoms with Gasteiger partial charge in [-0.15, -0.1) is 0 Å². The topological polar surface area (TPSA) is 190 Å². The summed E-state index contributed by atoms with van der Waals surface area (Å²) in [5.74, 6) is -1.05. The Kier molecular flexibility index (Phi) is 6.01. The van der Waals surface area contributed by atoms with Crippen LogP contribution in [-0.4, -0.2) is 59.0 Å². The molecule has 0 N–H and O–H groups in total. The first kappa shape index (κ1) is 24.5. The fourth-order valence-electron chi connectivity index (χ4n) is 3.95. The molecule has 0 radical (unpaired) electrons. The predicted molar refractivity (Wildman–Crippen MR) is 137 cm³/mol. The number of hydrogen-bond acceptors (Lipinski definition) is 13. The van der Waals surface area contributed by atoms with Crippen LogP contribution >= 0.6 is 0 Å². The van der Waals surface area contributed by atoms with Crippen LogP contribution in [0.25, 0.3) is 0 Å². The van der Waals surface area contributed by atoms with Crippen LogP contribution in [0.4, 0.5) is 0 Å². The minimum absolute atomic E-state index is 0.00401. The number of carboxylic acid groups (broad SMARTS) is 2. The summed E-state index contributed by atoms with van der Waals surface area (Å²) in [5.41, 5.74) is 1.59. The highest BCUT2D eigenvalue weighted by atomic mass is 16.6. The molecule has 0 aliphatic carbocycles. The number of carbonyl (C=O) groups is 2. The third kappa shape index (κ3) is 4.52. The van der Waals surface area contributed by atoms with Gasteiger partial charge >= 0.3 is 0 Å². The molecular formula is C27H14N7O6-3. The zero-order valence-electron chi connectivity index (χ0n) is 20.2. The van der Waals surface area contributed by atoms with Gasteiger partial charge in [-0.1, -0.05) is 48.5 Å². The van der Waals surface area contributed by atoms with E-state index in [-0.39, 0.29) is 46.5 Å². The van der Waals surface area contributed by atoms with E-state index in [0.29, 0.717) is 22.4 Å². The summed E-state index contributed by atoms with van der Waals surface area (Å²) in [6, 6.07) is 18.2. The Morgan fingerprint density at radius 2 is 0.925 bits per heavy atom. The molecule has 3 heterocycles. The van der Waals surface area contributed by atoms with Crippen LogP contribution in [0.1, 0.15) is 37.4 Å². The Morgan fingerprint density at radius 3 is 1.25 bits per heavy atom. The molecule has 0 amide bonds. The summed E-state index contributed by atoms with van der Waals surface area (Å²) in [4.78, 5) is 51.2. The second-order valence-corrected chi connectivity index (χ2v) is 8.39. The van der Waals surface area contributed by atoms with E-state index < -0.39 is 18.7 Å². The highest BCUT2D eigenvalue weighted by Crippen LogP contribution is 2.23. The molecule has 0 spiro atoms. The smallest absolute Gasteiger partial charge is 0.243 e. The molecule has 3 aromatic rings.